The Morgan fingerprint density at radius 1 is 1.04 bits per heavy atom. The number of amides is 1. The fourth-order valence-corrected chi connectivity index (χ4v) is 5.36. The molecule has 1 aliphatic heterocycles. The molecule has 1 heterocycles. The molecule has 1 aliphatic carbocycles. The highest BCUT2D eigenvalue weighted by molar-refractivity contribution is 7.89. The van der Waals surface area contributed by atoms with Gasteiger partial charge in [0.05, 0.1) is 10.8 Å². The molecule has 0 aromatic heterocycles. The molecule has 2 aliphatic rings. The highest BCUT2D eigenvalue weighted by Crippen LogP contribution is 2.29. The first-order chi connectivity index (χ1) is 12.9. The molecular weight excluding hydrogens is 368 g/mol. The second-order valence-corrected chi connectivity index (χ2v) is 9.31. The van der Waals surface area contributed by atoms with Crippen molar-refractivity contribution in [3.05, 3.63) is 29.8 Å². The minimum atomic E-state index is -3.43. The topological polar surface area (TPSA) is 104 Å². The fourth-order valence-electron chi connectivity index (χ4n) is 3.84. The van der Waals surface area contributed by atoms with Gasteiger partial charge >= 0.3 is 5.97 Å². The van der Waals surface area contributed by atoms with Crippen LogP contribution in [0, 0.1) is 11.8 Å². The highest BCUT2D eigenvalue weighted by Gasteiger charge is 2.31. The Hall–Kier alpha value is -1.93. The standard InChI is InChI=1S/C19H26N2O5S/c22-18(15-4-3-5-16(12-15)19(23)24)20-13-14-6-8-17(9-7-14)27(25,26)21-10-1-2-11-21/h6-9,15-16H,1-5,10-13H2,(H,20,22)(H,23,24). The molecule has 0 bridgehead atoms. The summed E-state index contributed by atoms with van der Waals surface area (Å²) in [5.41, 5.74) is 0.814. The van der Waals surface area contributed by atoms with E-state index < -0.39 is 21.9 Å². The van der Waals surface area contributed by atoms with Crippen LogP contribution in [0.3, 0.4) is 0 Å². The zero-order chi connectivity index (χ0) is 19.4. The highest BCUT2D eigenvalue weighted by atomic mass is 32.2. The zero-order valence-corrected chi connectivity index (χ0v) is 16.1. The zero-order valence-electron chi connectivity index (χ0n) is 15.3. The van der Waals surface area contributed by atoms with E-state index in [1.807, 2.05) is 0 Å². The Balaban J connectivity index is 1.55. The number of carbonyl (C=O) groups is 2. The van der Waals surface area contributed by atoms with Gasteiger partial charge in [0.1, 0.15) is 0 Å². The summed E-state index contributed by atoms with van der Waals surface area (Å²) in [5.74, 6) is -1.67. The normalized spacial score (nSPS) is 23.9. The van der Waals surface area contributed by atoms with E-state index in [0.717, 1.165) is 24.8 Å². The second kappa shape index (κ2) is 8.39. The van der Waals surface area contributed by atoms with Gasteiger partial charge < -0.3 is 10.4 Å². The third-order valence-corrected chi connectivity index (χ3v) is 7.40. The van der Waals surface area contributed by atoms with Crippen LogP contribution in [0.4, 0.5) is 0 Å². The maximum Gasteiger partial charge on any atom is 0.306 e. The van der Waals surface area contributed by atoms with Crippen molar-refractivity contribution >= 4 is 21.9 Å². The van der Waals surface area contributed by atoms with Crippen molar-refractivity contribution in [2.45, 2.75) is 50.0 Å². The van der Waals surface area contributed by atoms with Gasteiger partial charge in [-0.2, -0.15) is 4.31 Å². The predicted octanol–water partition coefficient (Wildman–Crippen LogP) is 1.98. The van der Waals surface area contributed by atoms with E-state index in [1.54, 1.807) is 24.3 Å². The van der Waals surface area contributed by atoms with Gasteiger partial charge in [-0.3, -0.25) is 9.59 Å². The molecule has 148 valence electrons. The van der Waals surface area contributed by atoms with Crippen molar-refractivity contribution in [1.29, 1.82) is 0 Å². The van der Waals surface area contributed by atoms with E-state index in [9.17, 15) is 18.0 Å². The molecule has 0 radical (unpaired) electrons. The van der Waals surface area contributed by atoms with Gasteiger partial charge in [-0.15, -0.1) is 0 Å². The Labute approximate surface area is 159 Å². The van der Waals surface area contributed by atoms with E-state index in [4.69, 9.17) is 5.11 Å². The summed E-state index contributed by atoms with van der Waals surface area (Å²) in [4.78, 5) is 23.7. The van der Waals surface area contributed by atoms with Crippen molar-refractivity contribution in [2.75, 3.05) is 13.1 Å². The van der Waals surface area contributed by atoms with Crippen molar-refractivity contribution < 1.29 is 23.1 Å². The maximum atomic E-state index is 12.5. The van der Waals surface area contributed by atoms with Gasteiger partial charge in [0.2, 0.25) is 15.9 Å². The SMILES string of the molecule is O=C(O)C1CCCC(C(=O)NCc2ccc(S(=O)(=O)N3CCCC3)cc2)C1. The van der Waals surface area contributed by atoms with Crippen molar-refractivity contribution in [2.24, 2.45) is 11.8 Å². The number of rotatable bonds is 6. The average Bonchev–Trinajstić information content (AvgIpc) is 3.22. The summed E-state index contributed by atoms with van der Waals surface area (Å²) in [6.45, 7) is 1.44. The van der Waals surface area contributed by atoms with Crippen LogP contribution in [0.25, 0.3) is 0 Å². The number of hydrogen-bond acceptors (Lipinski definition) is 4. The second-order valence-electron chi connectivity index (χ2n) is 7.37. The molecular formula is C19H26N2O5S. The first-order valence-electron chi connectivity index (χ1n) is 9.47. The summed E-state index contributed by atoms with van der Waals surface area (Å²) in [7, 11) is -3.43. The molecule has 8 heteroatoms. The summed E-state index contributed by atoms with van der Waals surface area (Å²) in [6.07, 6.45) is 4.27. The lowest BCUT2D eigenvalue weighted by Crippen LogP contribution is -2.35. The third kappa shape index (κ3) is 4.68. The van der Waals surface area contributed by atoms with E-state index in [2.05, 4.69) is 5.32 Å². The predicted molar refractivity (Wildman–Crippen MR) is 99.4 cm³/mol. The molecule has 2 unspecified atom stereocenters. The molecule has 1 aromatic rings. The minimum Gasteiger partial charge on any atom is -0.481 e. The average molecular weight is 394 g/mol. The summed E-state index contributed by atoms with van der Waals surface area (Å²) in [6, 6.07) is 6.58. The lowest BCUT2D eigenvalue weighted by Gasteiger charge is -2.25. The van der Waals surface area contributed by atoms with Crippen LogP contribution < -0.4 is 5.32 Å². The molecule has 2 fully saturated rings. The Bertz CT molecular complexity index is 785. The first kappa shape index (κ1) is 19.8. The number of carboxylic acids is 1. The van der Waals surface area contributed by atoms with Gasteiger partial charge in [0.25, 0.3) is 0 Å². The lowest BCUT2D eigenvalue weighted by atomic mass is 9.81. The number of benzene rings is 1. The Kier molecular flexibility index (Phi) is 6.16. The van der Waals surface area contributed by atoms with Gasteiger partial charge in [0, 0.05) is 25.6 Å². The number of nitrogens with one attached hydrogen (secondary N) is 1. The molecule has 1 saturated heterocycles. The molecule has 1 aromatic carbocycles. The van der Waals surface area contributed by atoms with Gasteiger partial charge in [0.15, 0.2) is 0 Å². The van der Waals surface area contributed by atoms with Crippen LogP contribution in [0.5, 0.6) is 0 Å². The van der Waals surface area contributed by atoms with Crippen molar-refractivity contribution in [3.8, 4) is 0 Å². The van der Waals surface area contributed by atoms with E-state index in [-0.39, 0.29) is 16.7 Å². The van der Waals surface area contributed by atoms with Crippen molar-refractivity contribution in [1.82, 2.24) is 9.62 Å². The molecule has 2 N–H and O–H groups in total. The van der Waals surface area contributed by atoms with Crippen LogP contribution >= 0.6 is 0 Å². The number of sulfonamides is 1. The van der Waals surface area contributed by atoms with Crippen LogP contribution in [0.2, 0.25) is 0 Å². The molecule has 7 nitrogen and oxygen atoms in total. The quantitative estimate of drug-likeness (QED) is 0.768. The largest absolute Gasteiger partial charge is 0.481 e. The number of carbonyl (C=O) groups excluding carboxylic acids is 1. The van der Waals surface area contributed by atoms with Crippen LogP contribution in [0.15, 0.2) is 29.2 Å². The molecule has 1 saturated carbocycles. The number of aliphatic carboxylic acids is 1. The smallest absolute Gasteiger partial charge is 0.306 e. The van der Waals surface area contributed by atoms with Gasteiger partial charge in [-0.1, -0.05) is 18.6 Å². The summed E-state index contributed by atoms with van der Waals surface area (Å²) >= 11 is 0. The first-order valence-corrected chi connectivity index (χ1v) is 10.9. The number of hydrogen-bond donors (Lipinski definition) is 2. The third-order valence-electron chi connectivity index (χ3n) is 5.49. The van der Waals surface area contributed by atoms with Gasteiger partial charge in [-0.05, 0) is 49.8 Å². The number of nitrogens with zero attached hydrogens (tertiary/aromatic N) is 1. The molecule has 3 rings (SSSR count). The Morgan fingerprint density at radius 2 is 1.67 bits per heavy atom. The monoisotopic (exact) mass is 394 g/mol. The summed E-state index contributed by atoms with van der Waals surface area (Å²) < 4.78 is 26.5. The van der Waals surface area contributed by atoms with Crippen molar-refractivity contribution in [3.63, 3.8) is 0 Å². The molecule has 2 atom stereocenters. The number of carboxylic acid groups (broad SMARTS) is 1. The lowest BCUT2D eigenvalue weighted by molar-refractivity contribution is -0.144. The summed E-state index contributed by atoms with van der Waals surface area (Å²) in [5, 5.41) is 12.0. The minimum absolute atomic E-state index is 0.130. The maximum absolute atomic E-state index is 12.5. The fraction of sp³-hybridized carbons (Fsp3) is 0.579. The molecule has 1 amide bonds. The van der Waals surface area contributed by atoms with Crippen LogP contribution in [0.1, 0.15) is 44.1 Å². The van der Waals surface area contributed by atoms with Crippen LogP contribution in [-0.4, -0.2) is 42.8 Å². The van der Waals surface area contributed by atoms with Crippen LogP contribution in [-0.2, 0) is 26.2 Å². The Morgan fingerprint density at radius 3 is 2.30 bits per heavy atom. The molecule has 27 heavy (non-hydrogen) atoms. The molecule has 0 spiro atoms. The van der Waals surface area contributed by atoms with E-state index in [1.165, 1.54) is 4.31 Å². The van der Waals surface area contributed by atoms with Gasteiger partial charge in [-0.25, -0.2) is 8.42 Å². The van der Waals surface area contributed by atoms with E-state index >= 15 is 0 Å². The van der Waals surface area contributed by atoms with E-state index in [0.29, 0.717) is 38.9 Å².